The van der Waals surface area contributed by atoms with Crippen LogP contribution < -0.4 is 26.8 Å². The number of ether oxygens (including phenoxy) is 1. The fourth-order valence-corrected chi connectivity index (χ4v) is 3.73. The summed E-state index contributed by atoms with van der Waals surface area (Å²) in [5, 5.41) is 5.97. The first-order valence-corrected chi connectivity index (χ1v) is 13.4. The predicted octanol–water partition coefficient (Wildman–Crippen LogP) is 1.84. The standard InChI is InChI=1S/C27H50N6O3/c1-32(2)17-15-30-26(34)23-21-24(27(35)31-16-18-33(3)4)25(36-19-11-7-10-14-29)20-22(23)12-8-5-6-9-13-28/h20-21H,5-19,28-29H2,1-4H3,(H,30,34)(H,31,35). The number of carbonyl (C=O) groups excluding carboxylic acids is 2. The number of nitrogens with two attached hydrogens (primary N) is 2. The van der Waals surface area contributed by atoms with Crippen molar-refractivity contribution in [2.45, 2.75) is 51.4 Å². The first-order chi connectivity index (χ1) is 17.3. The lowest BCUT2D eigenvalue weighted by molar-refractivity contribution is 0.0947. The molecule has 0 aliphatic rings. The van der Waals surface area contributed by atoms with Crippen LogP contribution in [0.5, 0.6) is 5.75 Å². The third-order valence-electron chi connectivity index (χ3n) is 5.89. The number of hydrogen-bond donors (Lipinski definition) is 4. The van der Waals surface area contributed by atoms with Crippen LogP contribution in [0.1, 0.15) is 71.2 Å². The fraction of sp³-hybridized carbons (Fsp3) is 0.704. The Morgan fingerprint density at radius 2 is 1.28 bits per heavy atom. The van der Waals surface area contributed by atoms with Crippen LogP contribution >= 0.6 is 0 Å². The molecule has 0 aliphatic heterocycles. The van der Waals surface area contributed by atoms with Gasteiger partial charge in [0.25, 0.3) is 11.8 Å². The zero-order chi connectivity index (χ0) is 26.8. The van der Waals surface area contributed by atoms with Crippen molar-refractivity contribution in [2.24, 2.45) is 11.5 Å². The van der Waals surface area contributed by atoms with E-state index in [9.17, 15) is 9.59 Å². The summed E-state index contributed by atoms with van der Waals surface area (Å²) in [6.07, 6.45) is 7.58. The van der Waals surface area contributed by atoms with Crippen molar-refractivity contribution in [1.82, 2.24) is 20.4 Å². The Labute approximate surface area is 218 Å². The molecule has 0 unspecified atom stereocenters. The minimum absolute atomic E-state index is 0.161. The van der Waals surface area contributed by atoms with Crippen molar-refractivity contribution in [3.63, 3.8) is 0 Å². The average molecular weight is 507 g/mol. The molecule has 0 heterocycles. The number of aryl methyl sites for hydroxylation is 1. The van der Waals surface area contributed by atoms with Crippen LogP contribution in [0.25, 0.3) is 0 Å². The van der Waals surface area contributed by atoms with E-state index in [1.54, 1.807) is 6.07 Å². The Morgan fingerprint density at radius 1 is 0.750 bits per heavy atom. The van der Waals surface area contributed by atoms with Gasteiger partial charge in [0.2, 0.25) is 0 Å². The van der Waals surface area contributed by atoms with E-state index >= 15 is 0 Å². The van der Waals surface area contributed by atoms with Gasteiger partial charge in [0, 0.05) is 31.7 Å². The van der Waals surface area contributed by atoms with E-state index in [4.69, 9.17) is 16.2 Å². The quantitative estimate of drug-likeness (QED) is 0.199. The van der Waals surface area contributed by atoms with E-state index in [-0.39, 0.29) is 11.8 Å². The number of benzene rings is 1. The average Bonchev–Trinajstić information content (AvgIpc) is 2.83. The molecule has 0 fully saturated rings. The highest BCUT2D eigenvalue weighted by Crippen LogP contribution is 2.26. The number of rotatable bonds is 20. The fourth-order valence-electron chi connectivity index (χ4n) is 3.73. The first-order valence-electron chi connectivity index (χ1n) is 13.4. The van der Waals surface area contributed by atoms with E-state index in [1.165, 1.54) is 0 Å². The Kier molecular flexibility index (Phi) is 16.8. The van der Waals surface area contributed by atoms with Gasteiger partial charge in [0.15, 0.2) is 0 Å². The third-order valence-corrected chi connectivity index (χ3v) is 5.89. The second kappa shape index (κ2) is 19.0. The molecule has 6 N–H and O–H groups in total. The molecule has 0 atom stereocenters. The molecule has 0 spiro atoms. The van der Waals surface area contributed by atoms with Gasteiger partial charge in [-0.25, -0.2) is 0 Å². The van der Waals surface area contributed by atoms with Crippen molar-refractivity contribution in [3.05, 3.63) is 28.8 Å². The van der Waals surface area contributed by atoms with Crippen LogP contribution in [-0.2, 0) is 6.42 Å². The number of likely N-dealkylation sites (N-methyl/N-ethyl adjacent to an activating group) is 2. The molecule has 36 heavy (non-hydrogen) atoms. The molecular weight excluding hydrogens is 456 g/mol. The number of carbonyl (C=O) groups is 2. The summed E-state index contributed by atoms with van der Waals surface area (Å²) in [5.41, 5.74) is 13.1. The summed E-state index contributed by atoms with van der Waals surface area (Å²) in [7, 11) is 7.85. The molecule has 9 nitrogen and oxygen atoms in total. The maximum Gasteiger partial charge on any atom is 0.255 e. The molecule has 0 bridgehead atoms. The van der Waals surface area contributed by atoms with Gasteiger partial charge in [0.1, 0.15) is 5.75 Å². The normalized spacial score (nSPS) is 11.2. The summed E-state index contributed by atoms with van der Waals surface area (Å²) in [6, 6.07) is 3.61. The second-order valence-corrected chi connectivity index (χ2v) is 9.77. The van der Waals surface area contributed by atoms with Gasteiger partial charge in [-0.3, -0.25) is 9.59 Å². The summed E-state index contributed by atoms with van der Waals surface area (Å²) in [4.78, 5) is 30.3. The van der Waals surface area contributed by atoms with Crippen LogP contribution in [-0.4, -0.2) is 95.7 Å². The number of amides is 2. The summed E-state index contributed by atoms with van der Waals surface area (Å²) >= 11 is 0. The van der Waals surface area contributed by atoms with Gasteiger partial charge in [-0.05, 0) is 97.5 Å². The van der Waals surface area contributed by atoms with E-state index in [1.807, 2.05) is 44.1 Å². The molecule has 1 rings (SSSR count). The molecule has 2 amide bonds. The zero-order valence-electron chi connectivity index (χ0n) is 23.0. The Balaban J connectivity index is 3.19. The highest BCUT2D eigenvalue weighted by atomic mass is 16.5. The van der Waals surface area contributed by atoms with Gasteiger partial charge in [0.05, 0.1) is 12.2 Å². The van der Waals surface area contributed by atoms with Crippen molar-refractivity contribution in [2.75, 3.05) is 74.1 Å². The van der Waals surface area contributed by atoms with Gasteiger partial charge in [-0.1, -0.05) is 12.8 Å². The van der Waals surface area contributed by atoms with Crippen molar-refractivity contribution < 1.29 is 14.3 Å². The van der Waals surface area contributed by atoms with Crippen LogP contribution in [0.4, 0.5) is 0 Å². The smallest absolute Gasteiger partial charge is 0.255 e. The van der Waals surface area contributed by atoms with Crippen LogP contribution in [0.15, 0.2) is 12.1 Å². The number of unbranched alkanes of at least 4 members (excludes halogenated alkanes) is 5. The highest BCUT2D eigenvalue weighted by molar-refractivity contribution is 6.02. The zero-order valence-corrected chi connectivity index (χ0v) is 23.0. The van der Waals surface area contributed by atoms with E-state index in [0.29, 0.717) is 49.7 Å². The SMILES string of the molecule is CN(C)CCNC(=O)c1cc(C(=O)NCCN(C)C)c(OCCCCCN)cc1CCCCCCN. The molecule has 0 saturated heterocycles. The second-order valence-electron chi connectivity index (χ2n) is 9.77. The molecule has 0 saturated carbocycles. The van der Waals surface area contributed by atoms with Gasteiger partial charge >= 0.3 is 0 Å². The van der Waals surface area contributed by atoms with Crippen LogP contribution in [0.3, 0.4) is 0 Å². The number of nitrogens with zero attached hydrogens (tertiary/aromatic N) is 2. The van der Waals surface area contributed by atoms with E-state index in [2.05, 4.69) is 10.6 Å². The Morgan fingerprint density at radius 3 is 1.83 bits per heavy atom. The molecule has 9 heteroatoms. The van der Waals surface area contributed by atoms with Crippen LogP contribution in [0.2, 0.25) is 0 Å². The molecule has 0 aromatic heterocycles. The lowest BCUT2D eigenvalue weighted by Crippen LogP contribution is -2.33. The summed E-state index contributed by atoms with van der Waals surface area (Å²) in [5.74, 6) is 0.142. The molecule has 0 aliphatic carbocycles. The van der Waals surface area contributed by atoms with Gasteiger partial charge < -0.3 is 36.6 Å². The Hall–Kier alpha value is -2.20. The molecule has 1 aromatic carbocycles. The van der Waals surface area contributed by atoms with Gasteiger partial charge in [-0.15, -0.1) is 0 Å². The third kappa shape index (κ3) is 13.2. The Bertz CT molecular complexity index is 711. The van der Waals surface area contributed by atoms with Crippen molar-refractivity contribution in [1.29, 1.82) is 0 Å². The number of hydrogen-bond acceptors (Lipinski definition) is 7. The lowest BCUT2D eigenvalue weighted by Gasteiger charge is -2.18. The summed E-state index contributed by atoms with van der Waals surface area (Å²) < 4.78 is 6.10. The maximum atomic E-state index is 13.2. The number of nitrogens with one attached hydrogen (secondary N) is 2. The minimum Gasteiger partial charge on any atom is -0.493 e. The molecule has 0 radical (unpaired) electrons. The van der Waals surface area contributed by atoms with E-state index in [0.717, 1.165) is 70.0 Å². The molecular formula is C27H50N6O3. The molecule has 1 aromatic rings. The largest absolute Gasteiger partial charge is 0.493 e. The van der Waals surface area contributed by atoms with Gasteiger partial charge in [-0.2, -0.15) is 0 Å². The van der Waals surface area contributed by atoms with E-state index < -0.39 is 0 Å². The van der Waals surface area contributed by atoms with Crippen molar-refractivity contribution in [3.8, 4) is 5.75 Å². The predicted molar refractivity (Wildman–Crippen MR) is 148 cm³/mol. The van der Waals surface area contributed by atoms with Crippen LogP contribution in [0, 0.1) is 0 Å². The lowest BCUT2D eigenvalue weighted by atomic mass is 9.96. The minimum atomic E-state index is -0.231. The monoisotopic (exact) mass is 506 g/mol. The maximum absolute atomic E-state index is 13.2. The molecule has 206 valence electrons. The topological polar surface area (TPSA) is 126 Å². The van der Waals surface area contributed by atoms with Crippen molar-refractivity contribution >= 4 is 11.8 Å². The summed E-state index contributed by atoms with van der Waals surface area (Å²) in [6.45, 7) is 4.36. The highest BCUT2D eigenvalue weighted by Gasteiger charge is 2.20. The first kappa shape index (κ1) is 31.8.